The largest absolute Gasteiger partial charge is 0.485 e. The van der Waals surface area contributed by atoms with E-state index in [1.807, 2.05) is 67.6 Å². The highest BCUT2D eigenvalue weighted by atomic mass is 16.5. The molecular formula is C24H23NO4. The zero-order valence-electron chi connectivity index (χ0n) is 16.2. The number of hydrogen-bond donors (Lipinski definition) is 2. The smallest absolute Gasteiger partial charge is 0.329 e. The average Bonchev–Trinajstić information content (AvgIpc) is 2.71. The fourth-order valence-electron chi connectivity index (χ4n) is 3.72. The van der Waals surface area contributed by atoms with E-state index in [2.05, 4.69) is 5.32 Å². The molecule has 4 rings (SSSR count). The van der Waals surface area contributed by atoms with Crippen molar-refractivity contribution in [2.75, 3.05) is 0 Å². The summed E-state index contributed by atoms with van der Waals surface area (Å²) in [6, 6.07) is 21.0. The summed E-state index contributed by atoms with van der Waals surface area (Å²) in [6.07, 6.45) is 1.40. The molecule has 0 aromatic heterocycles. The van der Waals surface area contributed by atoms with Crippen LogP contribution in [-0.2, 0) is 4.79 Å². The summed E-state index contributed by atoms with van der Waals surface area (Å²) in [5.41, 5.74) is 0.164. The Morgan fingerprint density at radius 3 is 2.34 bits per heavy atom. The molecule has 1 amide bonds. The van der Waals surface area contributed by atoms with E-state index in [1.165, 1.54) is 0 Å². The van der Waals surface area contributed by atoms with Crippen molar-refractivity contribution in [2.45, 2.75) is 37.8 Å². The van der Waals surface area contributed by atoms with Crippen molar-refractivity contribution in [3.05, 3.63) is 77.9 Å². The summed E-state index contributed by atoms with van der Waals surface area (Å²) in [4.78, 5) is 24.8. The third-order valence-electron chi connectivity index (χ3n) is 5.66. The number of benzene rings is 3. The Morgan fingerprint density at radius 1 is 1.00 bits per heavy atom. The minimum Gasteiger partial charge on any atom is -0.485 e. The van der Waals surface area contributed by atoms with Gasteiger partial charge in [0.05, 0.1) is 5.56 Å². The van der Waals surface area contributed by atoms with Crippen LogP contribution in [-0.4, -0.2) is 22.5 Å². The summed E-state index contributed by atoms with van der Waals surface area (Å²) in [6.45, 7) is 1.93. The number of carboxylic acids is 1. The summed E-state index contributed by atoms with van der Waals surface area (Å²) in [7, 11) is 0. The molecule has 1 unspecified atom stereocenters. The first-order chi connectivity index (χ1) is 14.0. The van der Waals surface area contributed by atoms with Crippen LogP contribution in [0.3, 0.4) is 0 Å². The Hall–Kier alpha value is -3.34. The number of carboxylic acid groups (broad SMARTS) is 1. The summed E-state index contributed by atoms with van der Waals surface area (Å²) in [5.74, 6) is -0.942. The molecule has 5 nitrogen and oxygen atoms in total. The number of carbonyl (C=O) groups is 2. The van der Waals surface area contributed by atoms with Crippen molar-refractivity contribution in [3.8, 4) is 5.75 Å². The number of amides is 1. The van der Waals surface area contributed by atoms with E-state index in [1.54, 1.807) is 6.07 Å². The maximum Gasteiger partial charge on any atom is 0.329 e. The van der Waals surface area contributed by atoms with Crippen LogP contribution < -0.4 is 10.1 Å². The van der Waals surface area contributed by atoms with Crippen LogP contribution in [0, 0.1) is 0 Å². The van der Waals surface area contributed by atoms with Gasteiger partial charge in [-0.1, -0.05) is 60.7 Å². The van der Waals surface area contributed by atoms with E-state index in [-0.39, 0.29) is 6.10 Å². The summed E-state index contributed by atoms with van der Waals surface area (Å²) in [5, 5.41) is 14.1. The third-order valence-corrected chi connectivity index (χ3v) is 5.66. The Kier molecular flexibility index (Phi) is 4.97. The summed E-state index contributed by atoms with van der Waals surface area (Å²) >= 11 is 0. The Labute approximate surface area is 169 Å². The molecule has 1 fully saturated rings. The first-order valence-corrected chi connectivity index (χ1v) is 9.79. The highest BCUT2D eigenvalue weighted by Crippen LogP contribution is 2.36. The fraction of sp³-hybridized carbons (Fsp3) is 0.250. The number of rotatable bonds is 6. The second kappa shape index (κ2) is 7.59. The third kappa shape index (κ3) is 3.56. The van der Waals surface area contributed by atoms with Gasteiger partial charge in [-0.15, -0.1) is 0 Å². The minimum absolute atomic E-state index is 0.273. The van der Waals surface area contributed by atoms with Crippen LogP contribution in [0.4, 0.5) is 0 Å². The van der Waals surface area contributed by atoms with Gasteiger partial charge in [0, 0.05) is 5.39 Å². The molecule has 0 spiro atoms. The predicted molar refractivity (Wildman–Crippen MR) is 111 cm³/mol. The van der Waals surface area contributed by atoms with Gasteiger partial charge in [-0.3, -0.25) is 4.79 Å². The molecule has 29 heavy (non-hydrogen) atoms. The topological polar surface area (TPSA) is 75.6 Å². The molecule has 0 radical (unpaired) electrons. The lowest BCUT2D eigenvalue weighted by molar-refractivity contribution is -0.148. The second-order valence-corrected chi connectivity index (χ2v) is 7.53. The number of aliphatic carboxylic acids is 1. The molecule has 3 aromatic carbocycles. The average molecular weight is 389 g/mol. The highest BCUT2D eigenvalue weighted by Gasteiger charge is 2.46. The number of ether oxygens (including phenoxy) is 1. The van der Waals surface area contributed by atoms with Gasteiger partial charge in [-0.25, -0.2) is 4.79 Å². The zero-order chi connectivity index (χ0) is 20.4. The monoisotopic (exact) mass is 389 g/mol. The first kappa shape index (κ1) is 19.0. The SMILES string of the molecule is CC(Oc1c(C(=O)NC2(C(=O)O)CCC2)ccc2ccccc12)c1ccccc1. The minimum atomic E-state index is -1.18. The normalized spacial score (nSPS) is 15.9. The van der Waals surface area contributed by atoms with Gasteiger partial charge in [0.1, 0.15) is 17.4 Å². The van der Waals surface area contributed by atoms with Crippen molar-refractivity contribution in [1.82, 2.24) is 5.32 Å². The Balaban J connectivity index is 1.73. The number of nitrogens with one attached hydrogen (secondary N) is 1. The number of carbonyl (C=O) groups excluding carboxylic acids is 1. The highest BCUT2D eigenvalue weighted by molar-refractivity contribution is 6.05. The van der Waals surface area contributed by atoms with Crippen LogP contribution in [0.5, 0.6) is 5.75 Å². The van der Waals surface area contributed by atoms with Crippen molar-refractivity contribution >= 4 is 22.6 Å². The maximum atomic E-state index is 13.1. The molecule has 0 heterocycles. The molecule has 1 atom stereocenters. The molecule has 0 saturated heterocycles. The van der Waals surface area contributed by atoms with E-state index >= 15 is 0 Å². The van der Waals surface area contributed by atoms with Gasteiger partial charge in [0.2, 0.25) is 0 Å². The van der Waals surface area contributed by atoms with E-state index in [0.29, 0.717) is 24.2 Å². The van der Waals surface area contributed by atoms with Crippen molar-refractivity contribution < 1.29 is 19.4 Å². The molecule has 5 heteroatoms. The van der Waals surface area contributed by atoms with E-state index in [0.717, 1.165) is 22.8 Å². The standard InChI is InChI=1S/C24H23NO4/c1-16(17-8-3-2-4-9-17)29-21-19-11-6-5-10-18(19)12-13-20(21)22(26)25-24(23(27)28)14-7-15-24/h2-6,8-13,16H,7,14-15H2,1H3,(H,25,26)(H,27,28). The molecule has 0 bridgehead atoms. The molecule has 3 aromatic rings. The fourth-order valence-corrected chi connectivity index (χ4v) is 3.72. The summed E-state index contributed by atoms with van der Waals surface area (Å²) < 4.78 is 6.28. The molecule has 0 aliphatic heterocycles. The molecule has 1 aliphatic carbocycles. The van der Waals surface area contributed by atoms with Crippen molar-refractivity contribution in [1.29, 1.82) is 0 Å². The van der Waals surface area contributed by atoms with Crippen LogP contribution >= 0.6 is 0 Å². The first-order valence-electron chi connectivity index (χ1n) is 9.79. The van der Waals surface area contributed by atoms with Gasteiger partial charge >= 0.3 is 5.97 Å². The van der Waals surface area contributed by atoms with Crippen LogP contribution in [0.15, 0.2) is 66.7 Å². The number of hydrogen-bond acceptors (Lipinski definition) is 3. The van der Waals surface area contributed by atoms with Gasteiger partial charge in [-0.05, 0) is 43.2 Å². The molecule has 148 valence electrons. The predicted octanol–water partition coefficient (Wildman–Crippen LogP) is 4.72. The van der Waals surface area contributed by atoms with Gasteiger partial charge in [0.15, 0.2) is 0 Å². The van der Waals surface area contributed by atoms with Gasteiger partial charge in [0.25, 0.3) is 5.91 Å². The molecule has 1 aliphatic rings. The lowest BCUT2D eigenvalue weighted by atomic mass is 9.76. The Morgan fingerprint density at radius 2 is 1.69 bits per heavy atom. The van der Waals surface area contributed by atoms with E-state index in [9.17, 15) is 14.7 Å². The Bertz CT molecular complexity index is 1060. The van der Waals surface area contributed by atoms with Crippen LogP contribution in [0.1, 0.15) is 48.2 Å². The van der Waals surface area contributed by atoms with Crippen molar-refractivity contribution in [2.24, 2.45) is 0 Å². The van der Waals surface area contributed by atoms with E-state index in [4.69, 9.17) is 4.74 Å². The number of fused-ring (bicyclic) bond motifs is 1. The van der Waals surface area contributed by atoms with Crippen LogP contribution in [0.25, 0.3) is 10.8 Å². The van der Waals surface area contributed by atoms with E-state index < -0.39 is 17.4 Å². The zero-order valence-corrected chi connectivity index (χ0v) is 16.2. The quantitative estimate of drug-likeness (QED) is 0.640. The molecule has 2 N–H and O–H groups in total. The van der Waals surface area contributed by atoms with Gasteiger partial charge in [-0.2, -0.15) is 0 Å². The lowest BCUT2D eigenvalue weighted by Gasteiger charge is -2.38. The lowest BCUT2D eigenvalue weighted by Crippen LogP contribution is -2.59. The van der Waals surface area contributed by atoms with Crippen LogP contribution in [0.2, 0.25) is 0 Å². The maximum absolute atomic E-state index is 13.1. The molecular weight excluding hydrogens is 366 g/mol. The molecule has 1 saturated carbocycles. The second-order valence-electron chi connectivity index (χ2n) is 7.53. The van der Waals surface area contributed by atoms with Crippen molar-refractivity contribution in [3.63, 3.8) is 0 Å². The van der Waals surface area contributed by atoms with Gasteiger partial charge < -0.3 is 15.2 Å².